The zero-order chi connectivity index (χ0) is 21.5. The highest BCUT2D eigenvalue weighted by atomic mass is 16.3. The molecule has 7 nitrogen and oxygen atoms in total. The standard InChI is InChI=1S/C25H17N3O4/c29-22-14-9-15(23(22)30)28-13-8-4-2-6-11(13)17-19-18(24(31)26-25(19)32)16-10-5-1-3-7-12(10)27(14)20(16)21(17)28/h1-8,14-15,22-23,29-30H,9H2,(H,26,31,32). The Morgan fingerprint density at radius 3 is 1.62 bits per heavy atom. The number of nitrogens with zero attached hydrogens (tertiary/aromatic N) is 2. The lowest BCUT2D eigenvalue weighted by molar-refractivity contribution is 0.0101. The highest BCUT2D eigenvalue weighted by molar-refractivity contribution is 6.39. The van der Waals surface area contributed by atoms with Crippen LogP contribution in [0.5, 0.6) is 0 Å². The molecule has 1 fully saturated rings. The van der Waals surface area contributed by atoms with Crippen molar-refractivity contribution in [1.29, 1.82) is 0 Å². The molecule has 0 saturated heterocycles. The van der Waals surface area contributed by atoms with Crippen molar-refractivity contribution in [2.75, 3.05) is 0 Å². The normalized spacial score (nSPS) is 26.1. The third-order valence-electron chi connectivity index (χ3n) is 7.76. The molecule has 2 amide bonds. The Kier molecular flexibility index (Phi) is 2.75. The Labute approximate surface area is 180 Å². The molecule has 0 radical (unpaired) electrons. The van der Waals surface area contributed by atoms with Crippen LogP contribution in [0.2, 0.25) is 0 Å². The van der Waals surface area contributed by atoms with Crippen LogP contribution in [0.3, 0.4) is 0 Å². The summed E-state index contributed by atoms with van der Waals surface area (Å²) in [6, 6.07) is 14.9. The predicted molar refractivity (Wildman–Crippen MR) is 119 cm³/mol. The van der Waals surface area contributed by atoms with E-state index in [0.29, 0.717) is 17.5 Å². The average Bonchev–Trinajstić information content (AvgIpc) is 3.45. The van der Waals surface area contributed by atoms with Gasteiger partial charge in [0, 0.05) is 32.6 Å². The Morgan fingerprint density at radius 1 is 0.719 bits per heavy atom. The first-order valence-electron chi connectivity index (χ1n) is 10.8. The van der Waals surface area contributed by atoms with Gasteiger partial charge in [-0.15, -0.1) is 0 Å². The van der Waals surface area contributed by atoms with Gasteiger partial charge in [-0.1, -0.05) is 36.4 Å². The number of para-hydroxylation sites is 2. The maximum Gasteiger partial charge on any atom is 0.259 e. The Bertz CT molecular complexity index is 1600. The van der Waals surface area contributed by atoms with Crippen LogP contribution in [-0.2, 0) is 0 Å². The molecule has 2 bridgehead atoms. The van der Waals surface area contributed by atoms with E-state index in [-0.39, 0.29) is 23.9 Å². The summed E-state index contributed by atoms with van der Waals surface area (Å²) in [5.74, 6) is -0.775. The third kappa shape index (κ3) is 1.61. The number of hydrogen-bond donors (Lipinski definition) is 3. The van der Waals surface area contributed by atoms with Gasteiger partial charge in [-0.05, 0) is 18.6 Å². The molecule has 4 atom stereocenters. The fourth-order valence-corrected chi connectivity index (χ4v) is 6.62. The quantitative estimate of drug-likeness (QED) is 0.334. The number of benzene rings is 3. The molecule has 7 heteroatoms. The van der Waals surface area contributed by atoms with Crippen LogP contribution >= 0.6 is 0 Å². The third-order valence-corrected chi connectivity index (χ3v) is 7.76. The lowest BCUT2D eigenvalue weighted by Gasteiger charge is -2.24. The Morgan fingerprint density at radius 2 is 1.16 bits per heavy atom. The van der Waals surface area contributed by atoms with Crippen molar-refractivity contribution in [2.45, 2.75) is 30.7 Å². The van der Waals surface area contributed by atoms with Crippen LogP contribution in [0, 0.1) is 0 Å². The minimum absolute atomic E-state index is 0.336. The van der Waals surface area contributed by atoms with E-state index >= 15 is 0 Å². The molecule has 3 N–H and O–H groups in total. The van der Waals surface area contributed by atoms with Gasteiger partial charge >= 0.3 is 0 Å². The SMILES string of the molecule is O=C1NC(=O)c2c1c1c3ccccc3n3c1c1c2c2ccccc2n1C1CC3C(O)C1O. The fraction of sp³-hybridized carbons (Fsp3) is 0.200. The van der Waals surface area contributed by atoms with Crippen molar-refractivity contribution in [3.8, 4) is 0 Å². The molecular weight excluding hydrogens is 406 g/mol. The van der Waals surface area contributed by atoms with Crippen LogP contribution in [0.1, 0.15) is 39.2 Å². The zero-order valence-corrected chi connectivity index (χ0v) is 16.7. The maximum absolute atomic E-state index is 13.1. The predicted octanol–water partition coefficient (Wildman–Crippen LogP) is 3.01. The van der Waals surface area contributed by atoms with E-state index in [4.69, 9.17) is 0 Å². The summed E-state index contributed by atoms with van der Waals surface area (Å²) >= 11 is 0. The fourth-order valence-electron chi connectivity index (χ4n) is 6.62. The second-order valence-corrected chi connectivity index (χ2v) is 9.11. The molecule has 32 heavy (non-hydrogen) atoms. The summed E-state index contributed by atoms with van der Waals surface area (Å²) in [5, 5.41) is 27.9. The molecule has 3 aliphatic rings. The summed E-state index contributed by atoms with van der Waals surface area (Å²) in [5.41, 5.74) is 4.28. The number of amides is 2. The van der Waals surface area contributed by atoms with Crippen molar-refractivity contribution >= 4 is 55.4 Å². The van der Waals surface area contributed by atoms with E-state index in [1.54, 1.807) is 0 Å². The van der Waals surface area contributed by atoms with Crippen molar-refractivity contribution in [3.63, 3.8) is 0 Å². The summed E-state index contributed by atoms with van der Waals surface area (Å²) in [6.45, 7) is 0. The van der Waals surface area contributed by atoms with Gasteiger partial charge in [0.05, 0.1) is 34.2 Å². The number of carbonyl (C=O) groups excluding carboxylic acids is 2. The number of aliphatic hydroxyl groups is 2. The number of fused-ring (bicyclic) bond motifs is 13. The van der Waals surface area contributed by atoms with Crippen molar-refractivity contribution in [1.82, 2.24) is 14.5 Å². The topological polar surface area (TPSA) is 96.5 Å². The molecule has 2 aliphatic heterocycles. The van der Waals surface area contributed by atoms with E-state index in [9.17, 15) is 19.8 Å². The highest BCUT2D eigenvalue weighted by Crippen LogP contribution is 2.53. The van der Waals surface area contributed by atoms with Gasteiger partial charge in [0.2, 0.25) is 0 Å². The smallest absolute Gasteiger partial charge is 0.259 e. The van der Waals surface area contributed by atoms with E-state index in [1.807, 2.05) is 48.5 Å². The number of aliphatic hydroxyl groups excluding tert-OH is 2. The van der Waals surface area contributed by atoms with Crippen LogP contribution < -0.4 is 5.32 Å². The number of hydrogen-bond acceptors (Lipinski definition) is 4. The minimum atomic E-state index is -0.938. The number of nitrogens with one attached hydrogen (secondary N) is 1. The number of carbonyl (C=O) groups is 2. The van der Waals surface area contributed by atoms with E-state index in [0.717, 1.165) is 43.6 Å². The molecule has 5 aromatic rings. The van der Waals surface area contributed by atoms with Gasteiger partial charge in [0.1, 0.15) is 12.2 Å². The zero-order valence-electron chi connectivity index (χ0n) is 16.7. The molecule has 8 rings (SSSR count). The maximum atomic E-state index is 13.1. The summed E-state index contributed by atoms with van der Waals surface area (Å²) < 4.78 is 4.19. The lowest BCUT2D eigenvalue weighted by atomic mass is 9.96. The molecule has 156 valence electrons. The molecule has 4 unspecified atom stereocenters. The first-order valence-corrected chi connectivity index (χ1v) is 10.8. The van der Waals surface area contributed by atoms with Crippen molar-refractivity contribution in [3.05, 3.63) is 59.7 Å². The molecule has 0 spiro atoms. The van der Waals surface area contributed by atoms with E-state index < -0.39 is 12.2 Å². The first-order chi connectivity index (χ1) is 15.6. The minimum Gasteiger partial charge on any atom is -0.388 e. The van der Waals surface area contributed by atoms with Crippen LogP contribution in [-0.4, -0.2) is 43.4 Å². The van der Waals surface area contributed by atoms with E-state index in [1.165, 1.54) is 0 Å². The average molecular weight is 423 g/mol. The summed E-state index contributed by atoms with van der Waals surface area (Å²) in [7, 11) is 0. The van der Waals surface area contributed by atoms with E-state index in [2.05, 4.69) is 14.5 Å². The highest BCUT2D eigenvalue weighted by Gasteiger charge is 2.49. The van der Waals surface area contributed by atoms with Gasteiger partial charge in [-0.3, -0.25) is 14.9 Å². The van der Waals surface area contributed by atoms with Crippen LogP contribution in [0.4, 0.5) is 0 Å². The second kappa shape index (κ2) is 5.20. The van der Waals surface area contributed by atoms with Gasteiger partial charge in [-0.25, -0.2) is 0 Å². The molecule has 3 aromatic carbocycles. The van der Waals surface area contributed by atoms with Crippen LogP contribution in [0.15, 0.2) is 48.5 Å². The van der Waals surface area contributed by atoms with Gasteiger partial charge in [0.15, 0.2) is 0 Å². The number of rotatable bonds is 0. The first kappa shape index (κ1) is 16.9. The molecular formula is C25H17N3O4. The monoisotopic (exact) mass is 423 g/mol. The lowest BCUT2D eigenvalue weighted by Crippen LogP contribution is -2.31. The van der Waals surface area contributed by atoms with Gasteiger partial charge in [0.25, 0.3) is 11.8 Å². The Hall–Kier alpha value is -3.68. The summed E-state index contributed by atoms with van der Waals surface area (Å²) in [6.07, 6.45) is -1.32. The second-order valence-electron chi connectivity index (χ2n) is 9.11. The Balaban J connectivity index is 1.80. The largest absolute Gasteiger partial charge is 0.388 e. The van der Waals surface area contributed by atoms with Gasteiger partial charge < -0.3 is 19.3 Å². The summed E-state index contributed by atoms with van der Waals surface area (Å²) in [4.78, 5) is 26.1. The molecule has 2 aromatic heterocycles. The van der Waals surface area contributed by atoms with Crippen molar-refractivity contribution < 1.29 is 19.8 Å². The number of imide groups is 1. The van der Waals surface area contributed by atoms with Gasteiger partial charge in [-0.2, -0.15) is 0 Å². The molecule has 1 aliphatic carbocycles. The molecule has 1 saturated carbocycles. The molecule has 4 heterocycles. The van der Waals surface area contributed by atoms with Crippen molar-refractivity contribution in [2.24, 2.45) is 0 Å². The van der Waals surface area contributed by atoms with Crippen LogP contribution in [0.25, 0.3) is 43.6 Å². The number of aromatic nitrogens is 2.